The number of fused-ring (bicyclic) bond motifs is 4. The fraction of sp³-hybridized carbons (Fsp3) is 0.407. The van der Waals surface area contributed by atoms with E-state index in [-0.39, 0.29) is 19.4 Å². The monoisotopic (exact) mass is 518 g/mol. The average Bonchev–Trinajstić information content (AvgIpc) is 3.55. The number of aryl methyl sites for hydroxylation is 2. The second-order valence-electron chi connectivity index (χ2n) is 9.60. The predicted molar refractivity (Wildman–Crippen MR) is 139 cm³/mol. The number of ether oxygens (including phenoxy) is 3. The molecular weight excluding hydrogens is 488 g/mol. The third kappa shape index (κ3) is 4.48. The van der Waals surface area contributed by atoms with Gasteiger partial charge in [0.05, 0.1) is 47.6 Å². The lowest BCUT2D eigenvalue weighted by molar-refractivity contribution is -0.138. The van der Waals surface area contributed by atoms with Gasteiger partial charge in [0, 0.05) is 24.6 Å². The molecule has 6 rings (SSSR count). The number of benzene rings is 1. The summed E-state index contributed by atoms with van der Waals surface area (Å²) in [6, 6.07) is 6.25. The maximum atomic E-state index is 11.5. The van der Waals surface area contributed by atoms with E-state index in [1.165, 1.54) is 4.68 Å². The van der Waals surface area contributed by atoms with Crippen molar-refractivity contribution in [3.05, 3.63) is 47.0 Å². The maximum Gasteiger partial charge on any atom is 0.325 e. The number of carboxylic acid groups (broad SMARTS) is 1. The molecule has 3 aromatic heterocycles. The minimum atomic E-state index is -0.966. The molecule has 2 aliphatic rings. The lowest BCUT2D eigenvalue weighted by Crippen LogP contribution is -2.19. The van der Waals surface area contributed by atoms with E-state index >= 15 is 0 Å². The number of rotatable bonds is 3. The predicted octanol–water partition coefficient (Wildman–Crippen LogP) is 3.80. The van der Waals surface area contributed by atoms with E-state index in [0.717, 1.165) is 64.9 Å². The minimum absolute atomic E-state index is 0.119. The number of hydrogen-bond acceptors (Lipinski definition) is 7. The van der Waals surface area contributed by atoms with Crippen LogP contribution in [0.2, 0.25) is 0 Å². The van der Waals surface area contributed by atoms with Crippen molar-refractivity contribution >= 4 is 29.0 Å². The van der Waals surface area contributed by atoms with Crippen LogP contribution in [0.25, 0.3) is 34.2 Å². The molecule has 4 aromatic rings. The molecule has 2 aliphatic heterocycles. The molecule has 1 N–H and O–H groups in total. The molecule has 5 heterocycles. The Labute approximate surface area is 219 Å². The van der Waals surface area contributed by atoms with Gasteiger partial charge in [0.1, 0.15) is 13.2 Å². The van der Waals surface area contributed by atoms with Crippen LogP contribution in [0.5, 0.6) is 5.88 Å². The van der Waals surface area contributed by atoms with Crippen molar-refractivity contribution in [3.63, 3.8) is 0 Å². The molecule has 1 atom stereocenters. The van der Waals surface area contributed by atoms with Crippen LogP contribution in [0.4, 0.5) is 0 Å². The van der Waals surface area contributed by atoms with Crippen LogP contribution in [-0.2, 0) is 34.5 Å². The number of carbonyl (C=O) groups is 1. The Morgan fingerprint density at radius 1 is 1.16 bits per heavy atom. The third-order valence-electron chi connectivity index (χ3n) is 7.04. The van der Waals surface area contributed by atoms with Crippen molar-refractivity contribution in [1.82, 2.24) is 29.3 Å². The van der Waals surface area contributed by atoms with Gasteiger partial charge in [-0.25, -0.2) is 9.36 Å². The minimum Gasteiger partial charge on any atom is -0.480 e. The first-order valence-electron chi connectivity index (χ1n) is 12.8. The van der Waals surface area contributed by atoms with Crippen LogP contribution >= 0.6 is 0 Å². The van der Waals surface area contributed by atoms with Crippen LogP contribution in [0.15, 0.2) is 24.4 Å². The Bertz CT molecular complexity index is 1520. The Kier molecular flexibility index (Phi) is 6.46. The summed E-state index contributed by atoms with van der Waals surface area (Å²) in [4.78, 5) is 11.5. The van der Waals surface area contributed by atoms with Gasteiger partial charge in [-0.05, 0) is 56.0 Å². The fourth-order valence-electron chi connectivity index (χ4n) is 5.19. The number of aromatic nitrogens is 6. The van der Waals surface area contributed by atoms with Gasteiger partial charge in [-0.1, -0.05) is 6.07 Å². The zero-order chi connectivity index (χ0) is 26.2. The summed E-state index contributed by atoms with van der Waals surface area (Å²) in [6.45, 7) is 3.17. The Hall–Kier alpha value is -3.96. The first-order valence-corrected chi connectivity index (χ1v) is 12.8. The van der Waals surface area contributed by atoms with Gasteiger partial charge in [0.25, 0.3) is 0 Å². The molecule has 1 aromatic carbocycles. The van der Waals surface area contributed by atoms with E-state index in [1.54, 1.807) is 10.9 Å². The molecule has 38 heavy (non-hydrogen) atoms. The second-order valence-corrected chi connectivity index (χ2v) is 9.60. The zero-order valence-corrected chi connectivity index (χ0v) is 21.5. The van der Waals surface area contributed by atoms with Gasteiger partial charge >= 0.3 is 5.97 Å². The van der Waals surface area contributed by atoms with Gasteiger partial charge in [-0.2, -0.15) is 15.3 Å². The van der Waals surface area contributed by atoms with Crippen molar-refractivity contribution in [2.45, 2.75) is 45.6 Å². The van der Waals surface area contributed by atoms with E-state index in [9.17, 15) is 9.90 Å². The van der Waals surface area contributed by atoms with Crippen LogP contribution in [0, 0.1) is 6.92 Å². The van der Waals surface area contributed by atoms with Gasteiger partial charge in [-0.3, -0.25) is 9.48 Å². The highest BCUT2D eigenvalue weighted by atomic mass is 16.5. The van der Waals surface area contributed by atoms with Crippen molar-refractivity contribution in [2.75, 3.05) is 19.8 Å². The number of aliphatic carboxylic acids is 1. The van der Waals surface area contributed by atoms with E-state index in [2.05, 4.69) is 28.4 Å². The van der Waals surface area contributed by atoms with Crippen LogP contribution in [0.1, 0.15) is 48.1 Å². The first kappa shape index (κ1) is 24.4. The van der Waals surface area contributed by atoms with Crippen LogP contribution in [-0.4, -0.2) is 60.2 Å². The number of carboxylic acids is 1. The quantitative estimate of drug-likeness (QED) is 0.435. The molecule has 198 valence electrons. The van der Waals surface area contributed by atoms with Crippen molar-refractivity contribution in [2.24, 2.45) is 7.05 Å². The van der Waals surface area contributed by atoms with Gasteiger partial charge in [0.15, 0.2) is 6.23 Å². The molecule has 0 aliphatic carbocycles. The molecule has 1 fully saturated rings. The standard InChI is InChI=1S/C27H30N6O5/c1-17-19-7-8-22-20-13-18(6-9-23(20)33(30-22)25-5-3-4-10-37-25)21-14-28-31(2)27(21)38-12-11-36-16-24(19)32(29-17)15-26(34)35/h6-9,13-14,25H,3-5,10-12,15-16H2,1-2H3,(H,34,35)/b8-7+. The fourth-order valence-corrected chi connectivity index (χ4v) is 5.19. The molecular formula is C27H30N6O5. The normalized spacial score (nSPS) is 18.8. The summed E-state index contributed by atoms with van der Waals surface area (Å²) in [5, 5.41) is 24.3. The molecule has 2 bridgehead atoms. The lowest BCUT2D eigenvalue weighted by Gasteiger charge is -2.23. The van der Waals surface area contributed by atoms with E-state index in [4.69, 9.17) is 19.3 Å². The first-order chi connectivity index (χ1) is 18.5. The SMILES string of the molecule is Cc1nn(CC(=O)O)c2c1/C=C/c1nn(C3CCCCO3)c3ccc(cc13)-c1cnn(C)c1OCCOC2. The average molecular weight is 519 g/mol. The number of hydrogen-bond donors (Lipinski definition) is 1. The summed E-state index contributed by atoms with van der Waals surface area (Å²) < 4.78 is 23.3. The molecule has 0 amide bonds. The summed E-state index contributed by atoms with van der Waals surface area (Å²) in [6.07, 6.45) is 8.66. The zero-order valence-electron chi connectivity index (χ0n) is 21.5. The third-order valence-corrected chi connectivity index (χ3v) is 7.04. The summed E-state index contributed by atoms with van der Waals surface area (Å²) >= 11 is 0. The largest absolute Gasteiger partial charge is 0.480 e. The molecule has 11 heteroatoms. The van der Waals surface area contributed by atoms with Gasteiger partial charge in [0.2, 0.25) is 5.88 Å². The second kappa shape index (κ2) is 10.1. The Morgan fingerprint density at radius 3 is 2.87 bits per heavy atom. The van der Waals surface area contributed by atoms with E-state index in [1.807, 2.05) is 30.8 Å². The van der Waals surface area contributed by atoms with Crippen molar-refractivity contribution in [1.29, 1.82) is 0 Å². The van der Waals surface area contributed by atoms with Crippen LogP contribution in [0.3, 0.4) is 0 Å². The topological polar surface area (TPSA) is 118 Å². The van der Waals surface area contributed by atoms with Crippen molar-refractivity contribution < 1.29 is 24.1 Å². The Morgan fingerprint density at radius 2 is 2.05 bits per heavy atom. The van der Waals surface area contributed by atoms with Crippen molar-refractivity contribution in [3.8, 4) is 17.0 Å². The van der Waals surface area contributed by atoms with Gasteiger partial charge in [-0.15, -0.1) is 0 Å². The van der Waals surface area contributed by atoms with Gasteiger partial charge < -0.3 is 19.3 Å². The molecule has 1 saturated heterocycles. The van der Waals surface area contributed by atoms with Crippen LogP contribution < -0.4 is 4.74 Å². The Balaban J connectivity index is 1.52. The summed E-state index contributed by atoms with van der Waals surface area (Å²) in [5.74, 6) is -0.317. The highest BCUT2D eigenvalue weighted by Crippen LogP contribution is 2.35. The smallest absolute Gasteiger partial charge is 0.325 e. The molecule has 1 unspecified atom stereocenters. The molecule has 0 radical (unpaired) electrons. The highest BCUT2D eigenvalue weighted by molar-refractivity contribution is 5.93. The highest BCUT2D eigenvalue weighted by Gasteiger charge is 2.23. The molecule has 0 saturated carbocycles. The van der Waals surface area contributed by atoms with E-state index < -0.39 is 5.97 Å². The lowest BCUT2D eigenvalue weighted by atomic mass is 10.0. The molecule has 0 spiro atoms. The van der Waals surface area contributed by atoms with E-state index in [0.29, 0.717) is 24.8 Å². The maximum absolute atomic E-state index is 11.5. The summed E-state index contributed by atoms with van der Waals surface area (Å²) in [7, 11) is 1.85. The molecule has 11 nitrogen and oxygen atoms in total. The summed E-state index contributed by atoms with van der Waals surface area (Å²) in [5.41, 5.74) is 5.87. The number of nitrogens with zero attached hydrogens (tertiary/aromatic N) is 6.